The second kappa shape index (κ2) is 3.25. The van der Waals surface area contributed by atoms with Crippen molar-refractivity contribution in [2.45, 2.75) is 40.0 Å². The number of fused-ring (bicyclic) bond motifs is 1. The summed E-state index contributed by atoms with van der Waals surface area (Å²) in [6.45, 7) is 8.11. The molecule has 2 atom stereocenters. The molecular formula is C12H21NO. The molecule has 14 heavy (non-hydrogen) atoms. The molecule has 1 saturated carbocycles. The van der Waals surface area contributed by atoms with Gasteiger partial charge in [-0.05, 0) is 24.7 Å². The van der Waals surface area contributed by atoms with Crippen LogP contribution in [-0.4, -0.2) is 23.9 Å². The molecule has 0 radical (unpaired) electrons. The molecule has 2 fully saturated rings. The fourth-order valence-corrected chi connectivity index (χ4v) is 2.88. The average molecular weight is 195 g/mol. The van der Waals surface area contributed by atoms with Crippen molar-refractivity contribution in [3.05, 3.63) is 0 Å². The Labute approximate surface area is 86.7 Å². The van der Waals surface area contributed by atoms with Crippen LogP contribution in [0.5, 0.6) is 0 Å². The van der Waals surface area contributed by atoms with Crippen LogP contribution in [0, 0.1) is 17.3 Å². The molecule has 0 aromatic carbocycles. The SMILES string of the molecule is CC(C)(C)C(=O)N1CC2CCCC2C1. The summed E-state index contributed by atoms with van der Waals surface area (Å²) in [5, 5.41) is 0. The van der Waals surface area contributed by atoms with E-state index in [1.165, 1.54) is 19.3 Å². The van der Waals surface area contributed by atoms with Gasteiger partial charge in [-0.2, -0.15) is 0 Å². The normalized spacial score (nSPS) is 32.1. The summed E-state index contributed by atoms with van der Waals surface area (Å²) < 4.78 is 0. The van der Waals surface area contributed by atoms with E-state index < -0.39 is 0 Å². The monoisotopic (exact) mass is 195 g/mol. The lowest BCUT2D eigenvalue weighted by molar-refractivity contribution is -0.138. The summed E-state index contributed by atoms with van der Waals surface area (Å²) in [7, 11) is 0. The molecule has 2 rings (SSSR count). The zero-order valence-corrected chi connectivity index (χ0v) is 9.55. The van der Waals surface area contributed by atoms with Crippen molar-refractivity contribution in [1.82, 2.24) is 4.90 Å². The number of carbonyl (C=O) groups excluding carboxylic acids is 1. The van der Waals surface area contributed by atoms with E-state index in [9.17, 15) is 4.79 Å². The number of likely N-dealkylation sites (tertiary alicyclic amines) is 1. The van der Waals surface area contributed by atoms with E-state index in [0.717, 1.165) is 24.9 Å². The van der Waals surface area contributed by atoms with E-state index in [4.69, 9.17) is 0 Å². The molecule has 2 aliphatic rings. The maximum Gasteiger partial charge on any atom is 0.227 e. The van der Waals surface area contributed by atoms with E-state index in [0.29, 0.717) is 5.91 Å². The van der Waals surface area contributed by atoms with Crippen LogP contribution >= 0.6 is 0 Å². The Balaban J connectivity index is 1.99. The van der Waals surface area contributed by atoms with E-state index in [2.05, 4.69) is 4.90 Å². The molecule has 1 aliphatic carbocycles. The van der Waals surface area contributed by atoms with E-state index in [-0.39, 0.29) is 5.41 Å². The Hall–Kier alpha value is -0.530. The van der Waals surface area contributed by atoms with Crippen molar-refractivity contribution in [3.8, 4) is 0 Å². The van der Waals surface area contributed by atoms with Gasteiger partial charge in [-0.3, -0.25) is 4.79 Å². The number of hydrogen-bond donors (Lipinski definition) is 0. The van der Waals surface area contributed by atoms with Crippen LogP contribution < -0.4 is 0 Å². The predicted molar refractivity (Wildman–Crippen MR) is 56.9 cm³/mol. The standard InChI is InChI=1S/C12H21NO/c1-12(2,3)11(14)13-7-9-5-4-6-10(9)8-13/h9-10H,4-8H2,1-3H3. The molecule has 2 heteroatoms. The fraction of sp³-hybridized carbons (Fsp3) is 0.917. The predicted octanol–water partition coefficient (Wildman–Crippen LogP) is 2.29. The topological polar surface area (TPSA) is 20.3 Å². The molecule has 0 N–H and O–H groups in total. The van der Waals surface area contributed by atoms with Crippen LogP contribution in [-0.2, 0) is 4.79 Å². The summed E-state index contributed by atoms with van der Waals surface area (Å²) in [6.07, 6.45) is 4.07. The summed E-state index contributed by atoms with van der Waals surface area (Å²) in [5.41, 5.74) is -0.196. The van der Waals surface area contributed by atoms with Crippen LogP contribution in [0.15, 0.2) is 0 Å². The molecule has 2 unspecified atom stereocenters. The zero-order chi connectivity index (χ0) is 10.3. The van der Waals surface area contributed by atoms with Gasteiger partial charge in [-0.1, -0.05) is 27.2 Å². The first-order valence-electron chi connectivity index (χ1n) is 5.78. The number of nitrogens with zero attached hydrogens (tertiary/aromatic N) is 1. The second-order valence-corrected chi connectivity index (χ2v) is 5.91. The van der Waals surface area contributed by atoms with Crippen LogP contribution in [0.4, 0.5) is 0 Å². The number of carbonyl (C=O) groups is 1. The van der Waals surface area contributed by atoms with Gasteiger partial charge >= 0.3 is 0 Å². The molecule has 0 spiro atoms. The maximum atomic E-state index is 12.0. The van der Waals surface area contributed by atoms with Crippen molar-refractivity contribution >= 4 is 5.91 Å². The van der Waals surface area contributed by atoms with Gasteiger partial charge in [0.2, 0.25) is 5.91 Å². The van der Waals surface area contributed by atoms with Gasteiger partial charge in [0.25, 0.3) is 0 Å². The first-order valence-corrected chi connectivity index (χ1v) is 5.78. The maximum absolute atomic E-state index is 12.0. The third-order valence-corrected chi connectivity index (χ3v) is 3.66. The Bertz CT molecular complexity index is 229. The quantitative estimate of drug-likeness (QED) is 0.581. The van der Waals surface area contributed by atoms with Crippen LogP contribution in [0.3, 0.4) is 0 Å². The highest BCUT2D eigenvalue weighted by Gasteiger charge is 2.40. The highest BCUT2D eigenvalue weighted by Crippen LogP contribution is 2.38. The Morgan fingerprint density at radius 2 is 1.64 bits per heavy atom. The number of amides is 1. The Morgan fingerprint density at radius 1 is 1.14 bits per heavy atom. The lowest BCUT2D eigenvalue weighted by Crippen LogP contribution is -2.38. The fourth-order valence-electron chi connectivity index (χ4n) is 2.88. The smallest absolute Gasteiger partial charge is 0.227 e. The van der Waals surface area contributed by atoms with Gasteiger partial charge in [-0.25, -0.2) is 0 Å². The van der Waals surface area contributed by atoms with Crippen LogP contribution in [0.1, 0.15) is 40.0 Å². The molecule has 0 bridgehead atoms. The Kier molecular flexibility index (Phi) is 2.32. The number of rotatable bonds is 0. The summed E-state index contributed by atoms with van der Waals surface area (Å²) in [4.78, 5) is 14.1. The van der Waals surface area contributed by atoms with Gasteiger partial charge in [-0.15, -0.1) is 0 Å². The van der Waals surface area contributed by atoms with Crippen molar-refractivity contribution in [2.24, 2.45) is 17.3 Å². The van der Waals surface area contributed by atoms with Gasteiger partial charge in [0.05, 0.1) is 0 Å². The Morgan fingerprint density at radius 3 is 2.07 bits per heavy atom. The first-order chi connectivity index (χ1) is 6.48. The molecule has 0 aromatic heterocycles. The highest BCUT2D eigenvalue weighted by atomic mass is 16.2. The molecule has 0 aromatic rings. The van der Waals surface area contributed by atoms with E-state index >= 15 is 0 Å². The third-order valence-electron chi connectivity index (χ3n) is 3.66. The molecule has 2 nitrogen and oxygen atoms in total. The zero-order valence-electron chi connectivity index (χ0n) is 9.55. The summed E-state index contributed by atoms with van der Waals surface area (Å²) >= 11 is 0. The van der Waals surface area contributed by atoms with Gasteiger partial charge in [0, 0.05) is 18.5 Å². The van der Waals surface area contributed by atoms with Crippen molar-refractivity contribution < 1.29 is 4.79 Å². The molecule has 1 saturated heterocycles. The minimum absolute atomic E-state index is 0.196. The lowest BCUT2D eigenvalue weighted by atomic mass is 9.95. The lowest BCUT2D eigenvalue weighted by Gasteiger charge is -2.26. The van der Waals surface area contributed by atoms with Gasteiger partial charge in [0.15, 0.2) is 0 Å². The largest absolute Gasteiger partial charge is 0.342 e. The highest BCUT2D eigenvalue weighted by molar-refractivity contribution is 5.81. The van der Waals surface area contributed by atoms with E-state index in [1.54, 1.807) is 0 Å². The minimum atomic E-state index is -0.196. The van der Waals surface area contributed by atoms with Crippen LogP contribution in [0.25, 0.3) is 0 Å². The summed E-state index contributed by atoms with van der Waals surface area (Å²) in [6, 6.07) is 0. The third kappa shape index (κ3) is 1.67. The van der Waals surface area contributed by atoms with Crippen molar-refractivity contribution in [2.75, 3.05) is 13.1 Å². The van der Waals surface area contributed by atoms with Gasteiger partial charge < -0.3 is 4.90 Å². The molecule has 1 aliphatic heterocycles. The molecule has 1 amide bonds. The van der Waals surface area contributed by atoms with E-state index in [1.807, 2.05) is 20.8 Å². The van der Waals surface area contributed by atoms with Crippen LogP contribution in [0.2, 0.25) is 0 Å². The molecular weight excluding hydrogens is 174 g/mol. The van der Waals surface area contributed by atoms with Gasteiger partial charge in [0.1, 0.15) is 0 Å². The average Bonchev–Trinajstić information content (AvgIpc) is 2.58. The first kappa shape index (κ1) is 10.0. The van der Waals surface area contributed by atoms with Crippen molar-refractivity contribution in [1.29, 1.82) is 0 Å². The summed E-state index contributed by atoms with van der Waals surface area (Å²) in [5.74, 6) is 1.98. The van der Waals surface area contributed by atoms with Crippen molar-refractivity contribution in [3.63, 3.8) is 0 Å². The second-order valence-electron chi connectivity index (χ2n) is 5.91. The molecule has 1 heterocycles. The molecule has 80 valence electrons. The number of hydrogen-bond acceptors (Lipinski definition) is 1. The minimum Gasteiger partial charge on any atom is -0.342 e.